The number of carbonyl (C=O) groups excluding carboxylic acids is 1. The van der Waals surface area contributed by atoms with Gasteiger partial charge in [0.25, 0.3) is 0 Å². The van der Waals surface area contributed by atoms with E-state index >= 15 is 0 Å². The Balaban J connectivity index is 2.36. The second-order valence-corrected chi connectivity index (χ2v) is 19.9. The van der Waals surface area contributed by atoms with Gasteiger partial charge in [0.2, 0.25) is 5.91 Å². The van der Waals surface area contributed by atoms with Crippen molar-refractivity contribution in [2.75, 3.05) is 13.2 Å². The summed E-state index contributed by atoms with van der Waals surface area (Å²) in [5.41, 5.74) is 0. The summed E-state index contributed by atoms with van der Waals surface area (Å²) < 4.78 is 47.7. The van der Waals surface area contributed by atoms with Crippen LogP contribution in [-0.2, 0) is 28.9 Å². The first-order chi connectivity index (χ1) is 31.5. The molecule has 0 aliphatic carbocycles. The van der Waals surface area contributed by atoms with E-state index in [-0.39, 0.29) is 18.9 Å². The minimum Gasteiger partial charge on any atom is -0.394 e. The lowest BCUT2D eigenvalue weighted by Crippen LogP contribution is -2.61. The van der Waals surface area contributed by atoms with Gasteiger partial charge in [0.05, 0.1) is 25.4 Å². The maximum atomic E-state index is 13.1. The Morgan fingerprint density at radius 1 is 0.600 bits per heavy atom. The molecule has 1 rings (SSSR count). The monoisotopic (exact) mass is 946 g/mol. The molecule has 0 radical (unpaired) electrons. The van der Waals surface area contributed by atoms with E-state index in [4.69, 9.17) is 9.47 Å². The van der Waals surface area contributed by atoms with Gasteiger partial charge in [-0.15, -0.1) is 0 Å². The molecule has 0 aromatic heterocycles. The topological polar surface area (TPSA) is 192 Å². The average Bonchev–Trinajstić information content (AvgIpc) is 3.28. The fourth-order valence-corrected chi connectivity index (χ4v) is 9.08. The van der Waals surface area contributed by atoms with Gasteiger partial charge in [0.15, 0.2) is 6.29 Å². The fraction of sp³-hybridized carbons (Fsp3) is 0.904. The SMILES string of the molecule is CCCCCCCCCCCCC/C=C/C(O)C(COC1OC(CO)C(O)C(OS(=O)(=O)O)C1O)NC(=O)CCCCCCCCCCC/C=C\CCCCCCCCCCCCCC. The van der Waals surface area contributed by atoms with Crippen LogP contribution in [0.1, 0.15) is 245 Å². The molecule has 0 aromatic rings. The molecule has 6 N–H and O–H groups in total. The largest absolute Gasteiger partial charge is 0.397 e. The molecule has 384 valence electrons. The zero-order chi connectivity index (χ0) is 47.6. The quantitative estimate of drug-likeness (QED) is 0.0193. The molecule has 1 amide bonds. The van der Waals surface area contributed by atoms with Crippen LogP contribution in [0, 0.1) is 0 Å². The number of amides is 1. The summed E-state index contributed by atoms with van der Waals surface area (Å²) in [7, 11) is -5.09. The van der Waals surface area contributed by atoms with Crippen molar-refractivity contribution in [3.63, 3.8) is 0 Å². The second-order valence-electron chi connectivity index (χ2n) is 18.8. The Morgan fingerprint density at radius 2 is 0.985 bits per heavy atom. The van der Waals surface area contributed by atoms with Crippen LogP contribution in [0.5, 0.6) is 0 Å². The zero-order valence-electron chi connectivity index (χ0n) is 41.3. The maximum absolute atomic E-state index is 13.1. The molecule has 0 saturated carbocycles. The molecule has 7 unspecified atom stereocenters. The molecule has 1 heterocycles. The molecule has 7 atom stereocenters. The molecule has 0 bridgehead atoms. The molecular formula is C52H99NO11S. The van der Waals surface area contributed by atoms with Crippen LogP contribution in [-0.4, -0.2) is 95.4 Å². The van der Waals surface area contributed by atoms with E-state index in [1.54, 1.807) is 6.08 Å². The van der Waals surface area contributed by atoms with Crippen molar-refractivity contribution in [1.82, 2.24) is 5.32 Å². The first-order valence-electron chi connectivity index (χ1n) is 26.7. The van der Waals surface area contributed by atoms with Crippen LogP contribution in [0.3, 0.4) is 0 Å². The maximum Gasteiger partial charge on any atom is 0.397 e. The lowest BCUT2D eigenvalue weighted by atomic mass is 9.99. The number of hydrogen-bond acceptors (Lipinski definition) is 10. The standard InChI is InChI=1S/C52H99NO11S/c1-3-5-7-9-11-13-15-17-18-19-20-21-22-23-24-25-26-27-28-30-32-34-36-38-40-42-48(56)53-45(46(55)41-39-37-35-33-31-29-16-14-12-10-8-6-4-2)44-62-52-50(58)51(64-65(59,60)61)49(57)47(43-54)63-52/h23-24,39,41,45-47,49-52,54-55,57-58H,3-22,25-38,40,42-44H2,1-2H3,(H,53,56)(H,59,60,61)/b24-23-,41-39+. The van der Waals surface area contributed by atoms with E-state index in [1.165, 1.54) is 180 Å². The lowest BCUT2D eigenvalue weighted by molar-refractivity contribution is -0.298. The Morgan fingerprint density at radius 3 is 1.38 bits per heavy atom. The Labute approximate surface area is 397 Å². The summed E-state index contributed by atoms with van der Waals surface area (Å²) in [6.45, 7) is 3.40. The highest BCUT2D eigenvalue weighted by molar-refractivity contribution is 7.80. The van der Waals surface area contributed by atoms with Crippen molar-refractivity contribution in [3.05, 3.63) is 24.3 Å². The Hall–Kier alpha value is -1.42. The van der Waals surface area contributed by atoms with E-state index in [0.717, 1.165) is 38.5 Å². The molecule has 65 heavy (non-hydrogen) atoms. The number of aliphatic hydroxyl groups is 4. The number of allylic oxidation sites excluding steroid dienone is 3. The number of hydrogen-bond donors (Lipinski definition) is 6. The molecule has 1 aliphatic heterocycles. The van der Waals surface area contributed by atoms with Crippen LogP contribution in [0.25, 0.3) is 0 Å². The van der Waals surface area contributed by atoms with E-state index in [9.17, 15) is 38.2 Å². The average molecular weight is 946 g/mol. The highest BCUT2D eigenvalue weighted by Crippen LogP contribution is 2.26. The molecule has 12 nitrogen and oxygen atoms in total. The molecule has 0 aromatic carbocycles. The van der Waals surface area contributed by atoms with Gasteiger partial charge in [0, 0.05) is 6.42 Å². The molecule has 1 aliphatic rings. The highest BCUT2D eigenvalue weighted by atomic mass is 32.3. The predicted octanol–water partition coefficient (Wildman–Crippen LogP) is 11.7. The molecule has 13 heteroatoms. The summed E-state index contributed by atoms with van der Waals surface area (Å²) in [5, 5.41) is 44.8. The summed E-state index contributed by atoms with van der Waals surface area (Å²) in [6, 6.07) is -0.943. The van der Waals surface area contributed by atoms with E-state index in [2.05, 4.69) is 35.5 Å². The van der Waals surface area contributed by atoms with Gasteiger partial charge in [0.1, 0.15) is 24.4 Å². The number of ether oxygens (including phenoxy) is 2. The molecule has 1 fully saturated rings. The van der Waals surface area contributed by atoms with E-state index in [1.807, 2.05) is 6.08 Å². The van der Waals surface area contributed by atoms with Crippen molar-refractivity contribution >= 4 is 16.3 Å². The summed E-state index contributed by atoms with van der Waals surface area (Å²) >= 11 is 0. The summed E-state index contributed by atoms with van der Waals surface area (Å²) in [4.78, 5) is 13.1. The van der Waals surface area contributed by atoms with Crippen LogP contribution in [0.4, 0.5) is 0 Å². The second kappa shape index (κ2) is 42.7. The molecule has 1 saturated heterocycles. The van der Waals surface area contributed by atoms with Crippen LogP contribution in [0.15, 0.2) is 24.3 Å². The van der Waals surface area contributed by atoms with Gasteiger partial charge < -0.3 is 35.2 Å². The third-order valence-corrected chi connectivity index (χ3v) is 13.2. The summed E-state index contributed by atoms with van der Waals surface area (Å²) in [5.74, 6) is -0.263. The van der Waals surface area contributed by atoms with Gasteiger partial charge in [-0.25, -0.2) is 4.18 Å². The van der Waals surface area contributed by atoms with Gasteiger partial charge in [-0.05, 0) is 44.9 Å². The first kappa shape index (κ1) is 61.6. The van der Waals surface area contributed by atoms with Crippen molar-refractivity contribution in [1.29, 1.82) is 0 Å². The number of carbonyl (C=O) groups is 1. The number of unbranched alkanes of at least 4 members (excludes halogenated alkanes) is 32. The zero-order valence-corrected chi connectivity index (χ0v) is 42.1. The Kier molecular flexibility index (Phi) is 40.4. The smallest absolute Gasteiger partial charge is 0.394 e. The Bertz CT molecular complexity index is 1250. The van der Waals surface area contributed by atoms with Gasteiger partial charge in [-0.3, -0.25) is 9.35 Å². The minimum absolute atomic E-state index is 0.263. The van der Waals surface area contributed by atoms with Crippen molar-refractivity contribution in [3.8, 4) is 0 Å². The predicted molar refractivity (Wildman–Crippen MR) is 264 cm³/mol. The first-order valence-corrected chi connectivity index (χ1v) is 28.1. The van der Waals surface area contributed by atoms with E-state index < -0.39 is 59.9 Å². The number of aliphatic hydroxyl groups excluding tert-OH is 4. The van der Waals surface area contributed by atoms with Gasteiger partial charge in [-0.2, -0.15) is 8.42 Å². The van der Waals surface area contributed by atoms with Crippen molar-refractivity contribution < 1.29 is 51.8 Å². The summed E-state index contributed by atoms with van der Waals surface area (Å²) in [6.07, 6.45) is 42.3. The van der Waals surface area contributed by atoms with Crippen LogP contribution >= 0.6 is 0 Å². The van der Waals surface area contributed by atoms with Crippen LogP contribution < -0.4 is 5.32 Å². The molecule has 0 spiro atoms. The minimum atomic E-state index is -5.09. The van der Waals surface area contributed by atoms with Crippen molar-refractivity contribution in [2.24, 2.45) is 0 Å². The number of nitrogens with one attached hydrogen (secondary N) is 1. The van der Waals surface area contributed by atoms with Gasteiger partial charge in [-0.1, -0.05) is 218 Å². The molecular weight excluding hydrogens is 847 g/mol. The van der Waals surface area contributed by atoms with Crippen LogP contribution in [0.2, 0.25) is 0 Å². The van der Waals surface area contributed by atoms with E-state index in [0.29, 0.717) is 6.42 Å². The van der Waals surface area contributed by atoms with Crippen molar-refractivity contribution in [2.45, 2.75) is 288 Å². The fourth-order valence-electron chi connectivity index (χ4n) is 8.57. The third kappa shape index (κ3) is 35.4. The lowest BCUT2D eigenvalue weighted by Gasteiger charge is -2.41. The third-order valence-electron chi connectivity index (χ3n) is 12.7. The number of rotatable bonds is 46. The highest BCUT2D eigenvalue weighted by Gasteiger charge is 2.48. The van der Waals surface area contributed by atoms with Gasteiger partial charge >= 0.3 is 10.4 Å². The normalized spacial score (nSPS) is 20.3.